The highest BCUT2D eigenvalue weighted by Gasteiger charge is 2.10. The summed E-state index contributed by atoms with van der Waals surface area (Å²) in [4.78, 5) is 17.7. The number of thiazole rings is 1. The first-order chi connectivity index (χ1) is 13.2. The molecule has 132 valence electrons. The van der Waals surface area contributed by atoms with Crippen molar-refractivity contribution < 1.29 is 0 Å². The van der Waals surface area contributed by atoms with Crippen LogP contribution in [-0.4, -0.2) is 24.5 Å². The Kier molecular flexibility index (Phi) is 3.61. The van der Waals surface area contributed by atoms with Crippen molar-refractivity contribution in [3.63, 3.8) is 0 Å². The van der Waals surface area contributed by atoms with Crippen molar-refractivity contribution in [3.8, 4) is 11.3 Å². The molecule has 6 nitrogen and oxygen atoms in total. The first-order valence-corrected chi connectivity index (χ1v) is 9.41. The molecule has 1 N–H and O–H groups in total. The molecular formula is C20H16N6S. The third kappa shape index (κ3) is 2.72. The number of nitrogens with one attached hydrogen (secondary N) is 1. The van der Waals surface area contributed by atoms with Gasteiger partial charge in [-0.25, -0.2) is 19.9 Å². The van der Waals surface area contributed by atoms with Crippen LogP contribution in [0, 0.1) is 6.92 Å². The molecule has 7 heteroatoms. The number of aromatic nitrogens is 5. The lowest BCUT2D eigenvalue weighted by atomic mass is 10.1. The Balaban J connectivity index is 1.61. The minimum atomic E-state index is 0.773. The number of hydrogen-bond donors (Lipinski definition) is 1. The van der Waals surface area contributed by atoms with Crippen LogP contribution in [0.5, 0.6) is 0 Å². The second-order valence-corrected chi connectivity index (χ2v) is 7.25. The highest BCUT2D eigenvalue weighted by atomic mass is 32.1. The Morgan fingerprint density at radius 3 is 2.74 bits per heavy atom. The van der Waals surface area contributed by atoms with E-state index in [1.807, 2.05) is 43.9 Å². The Morgan fingerprint density at radius 2 is 1.89 bits per heavy atom. The average molecular weight is 372 g/mol. The molecule has 0 atom stereocenters. The maximum atomic E-state index is 4.47. The van der Waals surface area contributed by atoms with Gasteiger partial charge >= 0.3 is 0 Å². The number of fused-ring (bicyclic) bond motifs is 2. The number of anilines is 2. The van der Waals surface area contributed by atoms with E-state index >= 15 is 0 Å². The lowest BCUT2D eigenvalue weighted by Crippen LogP contribution is -1.97. The lowest BCUT2D eigenvalue weighted by molar-refractivity contribution is 0.865. The Labute approximate surface area is 159 Å². The van der Waals surface area contributed by atoms with E-state index < -0.39 is 0 Å². The van der Waals surface area contributed by atoms with Gasteiger partial charge in [0.15, 0.2) is 0 Å². The quantitative estimate of drug-likeness (QED) is 0.497. The van der Waals surface area contributed by atoms with E-state index in [1.165, 1.54) is 4.70 Å². The predicted octanol–water partition coefficient (Wildman–Crippen LogP) is 4.69. The molecule has 5 rings (SSSR count). The van der Waals surface area contributed by atoms with Gasteiger partial charge in [-0.15, -0.1) is 11.3 Å². The molecule has 3 aromatic heterocycles. The summed E-state index contributed by atoms with van der Waals surface area (Å²) in [6, 6.07) is 12.3. The highest BCUT2D eigenvalue weighted by Crippen LogP contribution is 2.30. The summed E-state index contributed by atoms with van der Waals surface area (Å²) in [5.41, 5.74) is 6.83. The minimum Gasteiger partial charge on any atom is -0.340 e. The van der Waals surface area contributed by atoms with Crippen LogP contribution in [0.2, 0.25) is 0 Å². The largest absolute Gasteiger partial charge is 0.340 e. The predicted molar refractivity (Wildman–Crippen MR) is 109 cm³/mol. The summed E-state index contributed by atoms with van der Waals surface area (Å²) in [5, 5.41) is 4.38. The van der Waals surface area contributed by atoms with Gasteiger partial charge in [0.05, 0.1) is 33.1 Å². The molecule has 0 spiro atoms. The van der Waals surface area contributed by atoms with Crippen molar-refractivity contribution in [2.45, 2.75) is 6.92 Å². The molecule has 0 unspecified atom stereocenters. The Morgan fingerprint density at radius 1 is 0.963 bits per heavy atom. The molecule has 0 saturated carbocycles. The fourth-order valence-electron chi connectivity index (χ4n) is 3.16. The standard InChI is InChI=1S/C20H16N6S/c1-12-21-9-18(26(12)2)13-3-5-16-15(7-13)20(23-10-22-16)25-14-4-6-19-17(8-14)24-11-27-19/h3-11H,1-2H3,(H,22,23,25). The molecule has 0 radical (unpaired) electrons. The van der Waals surface area contributed by atoms with Crippen molar-refractivity contribution in [2.75, 3.05) is 5.32 Å². The number of rotatable bonds is 3. The van der Waals surface area contributed by atoms with Crippen LogP contribution in [0.3, 0.4) is 0 Å². The van der Waals surface area contributed by atoms with Crippen LogP contribution in [0.4, 0.5) is 11.5 Å². The van der Waals surface area contributed by atoms with Gasteiger partial charge in [0.1, 0.15) is 18.0 Å². The van der Waals surface area contributed by atoms with Gasteiger partial charge in [-0.05, 0) is 37.3 Å². The van der Waals surface area contributed by atoms with Crippen molar-refractivity contribution in [3.05, 3.63) is 60.3 Å². The summed E-state index contributed by atoms with van der Waals surface area (Å²) in [6.07, 6.45) is 3.48. The summed E-state index contributed by atoms with van der Waals surface area (Å²) in [5.74, 6) is 1.75. The van der Waals surface area contributed by atoms with Gasteiger partial charge in [0.25, 0.3) is 0 Å². The summed E-state index contributed by atoms with van der Waals surface area (Å²) in [7, 11) is 2.02. The van der Waals surface area contributed by atoms with Crippen LogP contribution in [0.15, 0.2) is 54.4 Å². The van der Waals surface area contributed by atoms with Gasteiger partial charge in [0, 0.05) is 23.7 Å². The summed E-state index contributed by atoms with van der Waals surface area (Å²) in [6.45, 7) is 2.00. The molecule has 0 aliphatic carbocycles. The zero-order chi connectivity index (χ0) is 18.4. The second kappa shape index (κ2) is 6.14. The second-order valence-electron chi connectivity index (χ2n) is 6.36. The SMILES string of the molecule is Cc1ncc(-c2ccc3ncnc(Nc4ccc5scnc5c4)c3c2)n1C. The van der Waals surface area contributed by atoms with Crippen LogP contribution >= 0.6 is 11.3 Å². The molecule has 0 amide bonds. The topological polar surface area (TPSA) is 68.5 Å². The third-order valence-electron chi connectivity index (χ3n) is 4.74. The van der Waals surface area contributed by atoms with E-state index in [-0.39, 0.29) is 0 Å². The number of hydrogen-bond acceptors (Lipinski definition) is 6. The van der Waals surface area contributed by atoms with E-state index in [2.05, 4.69) is 48.0 Å². The highest BCUT2D eigenvalue weighted by molar-refractivity contribution is 7.16. The molecular weight excluding hydrogens is 356 g/mol. The molecule has 2 aromatic carbocycles. The van der Waals surface area contributed by atoms with Crippen LogP contribution in [0.1, 0.15) is 5.82 Å². The summed E-state index contributed by atoms with van der Waals surface area (Å²) >= 11 is 1.64. The van der Waals surface area contributed by atoms with Crippen molar-refractivity contribution in [1.29, 1.82) is 0 Å². The van der Waals surface area contributed by atoms with E-state index in [9.17, 15) is 0 Å². The van der Waals surface area contributed by atoms with Crippen molar-refractivity contribution in [2.24, 2.45) is 7.05 Å². The average Bonchev–Trinajstić information content (AvgIpc) is 3.28. The van der Waals surface area contributed by atoms with Crippen LogP contribution in [0.25, 0.3) is 32.4 Å². The zero-order valence-corrected chi connectivity index (χ0v) is 15.7. The smallest absolute Gasteiger partial charge is 0.141 e. The maximum absolute atomic E-state index is 4.47. The monoisotopic (exact) mass is 372 g/mol. The molecule has 0 bridgehead atoms. The molecule has 0 aliphatic heterocycles. The molecule has 0 saturated heterocycles. The molecule has 3 heterocycles. The Bertz CT molecular complexity index is 1290. The van der Waals surface area contributed by atoms with Gasteiger partial charge < -0.3 is 9.88 Å². The van der Waals surface area contributed by atoms with Crippen LogP contribution < -0.4 is 5.32 Å². The molecule has 0 fully saturated rings. The molecule has 0 aliphatic rings. The minimum absolute atomic E-state index is 0.773. The van der Waals surface area contributed by atoms with Gasteiger partial charge in [-0.3, -0.25) is 0 Å². The molecule has 27 heavy (non-hydrogen) atoms. The van der Waals surface area contributed by atoms with Crippen molar-refractivity contribution in [1.82, 2.24) is 24.5 Å². The van der Waals surface area contributed by atoms with Crippen LogP contribution in [-0.2, 0) is 7.05 Å². The fourth-order valence-corrected chi connectivity index (χ4v) is 3.82. The van der Waals surface area contributed by atoms with Gasteiger partial charge in [-0.2, -0.15) is 0 Å². The zero-order valence-electron chi connectivity index (χ0n) is 14.8. The molecule has 5 aromatic rings. The summed E-state index contributed by atoms with van der Waals surface area (Å²) < 4.78 is 3.25. The van der Waals surface area contributed by atoms with Crippen molar-refractivity contribution >= 4 is 44.0 Å². The maximum Gasteiger partial charge on any atom is 0.141 e. The lowest BCUT2D eigenvalue weighted by Gasteiger charge is -2.10. The third-order valence-corrected chi connectivity index (χ3v) is 5.55. The first kappa shape index (κ1) is 15.9. The van der Waals surface area contributed by atoms with E-state index in [0.29, 0.717) is 0 Å². The number of nitrogens with zero attached hydrogens (tertiary/aromatic N) is 5. The Hall–Kier alpha value is -3.32. The number of imidazole rings is 1. The van der Waals surface area contributed by atoms with E-state index in [0.717, 1.165) is 45.0 Å². The first-order valence-electron chi connectivity index (χ1n) is 8.53. The number of aryl methyl sites for hydroxylation is 1. The van der Waals surface area contributed by atoms with Gasteiger partial charge in [-0.1, -0.05) is 6.07 Å². The van der Waals surface area contributed by atoms with E-state index in [4.69, 9.17) is 0 Å². The number of benzene rings is 2. The van der Waals surface area contributed by atoms with E-state index in [1.54, 1.807) is 17.7 Å². The van der Waals surface area contributed by atoms with Gasteiger partial charge in [0.2, 0.25) is 0 Å². The normalized spacial score (nSPS) is 11.3. The fraction of sp³-hybridized carbons (Fsp3) is 0.100.